The number of amides is 2. The summed E-state index contributed by atoms with van der Waals surface area (Å²) >= 11 is 0. The molecule has 6 rings (SSSR count). The van der Waals surface area contributed by atoms with Gasteiger partial charge in [-0.1, -0.05) is 50.6 Å². The standard InChI is InChI=1S/C55H67F10N7O7/c1-52(2,54(60,61)62)40(26-47(75)78-5)49(76)70-71(28-39-41(56)23-33(24-42(39)57)43(66)18-19-67-50(58)59)29-46(74)35(25-45(73)48(69-51(77)79-6)53(3,4)55(63,64)65)20-30-10-12-31(13-11-30)32-14-17-44(68-27-32)34-21-37-15-16-38(22-34)72(37)36-8-7-9-36/h10-14,17-19,23-24,27,34-38,40,46,48,50,74H,7-9,15-16,20-22,25-26,28-29,66H2,1-6H3,(H,69,77)(H,70,76)/t34?,35-,37?,38?,40-,46+,48-/m1/s1. The monoisotopic (exact) mass is 1130 g/mol. The number of alkyl halides is 8. The molecule has 0 spiro atoms. The molecule has 3 aromatic rings. The number of aliphatic imine (C=N–C) groups is 1. The topological polar surface area (TPSA) is 189 Å². The first-order valence-corrected chi connectivity index (χ1v) is 25.8. The maximum atomic E-state index is 16.0. The minimum absolute atomic E-state index is 0.312. The molecule has 5 N–H and O–H groups in total. The number of esters is 1. The van der Waals surface area contributed by atoms with E-state index in [9.17, 15) is 59.4 Å². The Kier molecular flexibility index (Phi) is 20.1. The number of nitrogens with one attached hydrogen (secondary N) is 2. The number of aliphatic hydroxyl groups excluding tert-OH is 1. The van der Waals surface area contributed by atoms with Gasteiger partial charge in [0.05, 0.1) is 43.5 Å². The summed E-state index contributed by atoms with van der Waals surface area (Å²) in [6.07, 6.45) is -4.75. The van der Waals surface area contributed by atoms with Gasteiger partial charge in [0.1, 0.15) is 17.7 Å². The maximum Gasteiger partial charge on any atom is 0.407 e. The number of aromatic nitrogens is 1. The molecule has 1 aliphatic carbocycles. The number of pyridine rings is 1. The number of allylic oxidation sites excluding steroid dienone is 1. The number of Topliss-reactive ketones (excluding diaryl/α,β-unsaturated/α-hetero) is 1. The zero-order chi connectivity index (χ0) is 58.4. The fourth-order valence-electron chi connectivity index (χ4n) is 10.7. The van der Waals surface area contributed by atoms with Crippen molar-refractivity contribution in [3.63, 3.8) is 0 Å². The number of rotatable bonds is 23. The van der Waals surface area contributed by atoms with Crippen LogP contribution in [0.25, 0.3) is 16.8 Å². The Morgan fingerprint density at radius 1 is 0.848 bits per heavy atom. The quantitative estimate of drug-likeness (QED) is 0.0233. The highest BCUT2D eigenvalue weighted by molar-refractivity contribution is 5.89. The molecule has 3 heterocycles. The average molecular weight is 1130 g/mol. The van der Waals surface area contributed by atoms with Crippen LogP contribution in [0.3, 0.4) is 0 Å². The zero-order valence-electron chi connectivity index (χ0n) is 44.6. The van der Waals surface area contributed by atoms with Gasteiger partial charge >= 0.3 is 31.0 Å². The predicted octanol–water partition coefficient (Wildman–Crippen LogP) is 9.98. The average Bonchev–Trinajstić information content (AvgIpc) is 3.68. The minimum Gasteiger partial charge on any atom is -0.469 e. The number of hydrogen-bond acceptors (Lipinski definition) is 12. The summed E-state index contributed by atoms with van der Waals surface area (Å²) in [6, 6.07) is 11.4. The number of piperidine rings is 1. The van der Waals surface area contributed by atoms with Gasteiger partial charge in [-0.3, -0.25) is 29.7 Å². The van der Waals surface area contributed by atoms with Crippen LogP contribution in [0.4, 0.5) is 48.7 Å². The SMILES string of the molecule is COC(=O)C[C@H](C(=O)NN(Cc1c(F)cc(C(N)=CC=NC(F)F)cc1F)C[C@H](O)[C@@H](CC(=O)[C@@H](NC(=O)OC)C(C)(C)C(F)(F)F)Cc1ccc(-c2ccc(C3CC4CCC(C3)N4C3CCC3)nc2)cc1)C(C)(C)C(F)(F)F. The molecule has 79 heavy (non-hydrogen) atoms. The van der Waals surface area contributed by atoms with E-state index in [1.165, 1.54) is 32.1 Å². The number of methoxy groups -OCH3 is 2. The van der Waals surface area contributed by atoms with Gasteiger partial charge in [-0.05, 0) is 100 Å². The first-order chi connectivity index (χ1) is 36.9. The number of ketones is 1. The number of aliphatic hydroxyl groups is 1. The molecule has 6 atom stereocenters. The molecule has 2 aliphatic heterocycles. The van der Waals surface area contributed by atoms with Crippen LogP contribution in [0.2, 0.25) is 0 Å². The van der Waals surface area contributed by atoms with E-state index < -0.39 is 126 Å². The van der Waals surface area contributed by atoms with Crippen molar-refractivity contribution in [3.05, 3.63) is 94.8 Å². The normalized spacial score (nSPS) is 20.2. The predicted molar refractivity (Wildman–Crippen MR) is 271 cm³/mol. The Morgan fingerprint density at radius 2 is 1.44 bits per heavy atom. The molecule has 3 aliphatic rings. The molecular formula is C55H67F10N7O7. The van der Waals surface area contributed by atoms with Crippen LogP contribution in [-0.4, -0.2) is 120 Å². The Hall–Kier alpha value is -6.14. The smallest absolute Gasteiger partial charge is 0.407 e. The number of fused-ring (bicyclic) bond motifs is 2. The fourth-order valence-corrected chi connectivity index (χ4v) is 10.7. The van der Waals surface area contributed by atoms with Gasteiger partial charge in [0.15, 0.2) is 5.78 Å². The number of ether oxygens (including phenoxy) is 2. The third kappa shape index (κ3) is 15.0. The fraction of sp³-hybridized carbons (Fsp3) is 0.564. The van der Waals surface area contributed by atoms with Crippen LogP contribution in [0.15, 0.2) is 65.8 Å². The Morgan fingerprint density at radius 3 is 1.95 bits per heavy atom. The Bertz CT molecular complexity index is 2640. The molecule has 434 valence electrons. The number of halogens is 10. The lowest BCUT2D eigenvalue weighted by Crippen LogP contribution is -2.57. The number of nitrogens with zero attached hydrogens (tertiary/aromatic N) is 4. The lowest BCUT2D eigenvalue weighted by Gasteiger charge is -2.47. The largest absolute Gasteiger partial charge is 0.469 e. The molecule has 2 aromatic carbocycles. The molecule has 3 fully saturated rings. The molecule has 2 bridgehead atoms. The second-order valence-electron chi connectivity index (χ2n) is 21.8. The molecule has 2 saturated heterocycles. The van der Waals surface area contributed by atoms with Gasteiger partial charge in [0.25, 0.3) is 0 Å². The van der Waals surface area contributed by atoms with E-state index >= 15 is 8.78 Å². The van der Waals surface area contributed by atoms with Crippen LogP contribution in [0, 0.1) is 34.3 Å². The van der Waals surface area contributed by atoms with E-state index in [1.807, 2.05) is 17.4 Å². The molecule has 14 nitrogen and oxygen atoms in total. The molecular weight excluding hydrogens is 1060 g/mol. The number of nitrogens with two attached hydrogens (primary N) is 1. The summed E-state index contributed by atoms with van der Waals surface area (Å²) in [4.78, 5) is 63.6. The van der Waals surface area contributed by atoms with E-state index in [-0.39, 0.29) is 12.0 Å². The highest BCUT2D eigenvalue weighted by Gasteiger charge is 2.57. The molecule has 1 aromatic heterocycles. The van der Waals surface area contributed by atoms with Crippen molar-refractivity contribution < 1.29 is 77.7 Å². The number of benzene rings is 2. The number of hydrogen-bond donors (Lipinski definition) is 4. The van der Waals surface area contributed by atoms with Crippen LogP contribution in [-0.2, 0) is 36.8 Å². The Balaban J connectivity index is 1.34. The molecule has 0 radical (unpaired) electrons. The van der Waals surface area contributed by atoms with Crippen molar-refractivity contribution in [2.24, 2.45) is 33.4 Å². The highest BCUT2D eigenvalue weighted by atomic mass is 19.4. The summed E-state index contributed by atoms with van der Waals surface area (Å²) in [6.45, 7) is -2.70. The number of carbonyl (C=O) groups excluding carboxylic acids is 4. The van der Waals surface area contributed by atoms with Crippen LogP contribution < -0.4 is 16.5 Å². The van der Waals surface area contributed by atoms with E-state index in [0.29, 0.717) is 86.2 Å². The van der Waals surface area contributed by atoms with Gasteiger partial charge in [0.2, 0.25) is 5.91 Å². The summed E-state index contributed by atoms with van der Waals surface area (Å²) < 4.78 is 154. The number of hydrazine groups is 1. The van der Waals surface area contributed by atoms with E-state index in [4.69, 9.17) is 10.7 Å². The van der Waals surface area contributed by atoms with Crippen LogP contribution in [0.5, 0.6) is 0 Å². The second-order valence-corrected chi connectivity index (χ2v) is 21.8. The first kappa shape index (κ1) is 62.1. The van der Waals surface area contributed by atoms with E-state index in [0.717, 1.165) is 44.4 Å². The van der Waals surface area contributed by atoms with Gasteiger partial charge in [-0.2, -0.15) is 35.1 Å². The minimum atomic E-state index is -5.15. The summed E-state index contributed by atoms with van der Waals surface area (Å²) in [5.41, 5.74) is 3.16. The second kappa shape index (κ2) is 25.5. The third-order valence-corrected chi connectivity index (χ3v) is 16.0. The lowest BCUT2D eigenvalue weighted by molar-refractivity contribution is -0.231. The Labute approximate surface area is 451 Å². The molecule has 24 heteroatoms. The van der Waals surface area contributed by atoms with E-state index in [2.05, 4.69) is 24.8 Å². The zero-order valence-corrected chi connectivity index (χ0v) is 44.6. The van der Waals surface area contributed by atoms with Crippen molar-refractivity contribution >= 4 is 35.7 Å². The first-order valence-electron chi connectivity index (χ1n) is 25.8. The van der Waals surface area contributed by atoms with Crippen molar-refractivity contribution in [2.45, 2.75) is 154 Å². The summed E-state index contributed by atoms with van der Waals surface area (Å²) in [7, 11) is 1.71. The number of alkyl carbamates (subject to hydrolysis) is 1. The van der Waals surface area contributed by atoms with Gasteiger partial charge < -0.3 is 25.6 Å². The third-order valence-electron chi connectivity index (χ3n) is 16.0. The van der Waals surface area contributed by atoms with Gasteiger partial charge in [-0.15, -0.1) is 0 Å². The van der Waals surface area contributed by atoms with E-state index in [1.54, 1.807) is 30.5 Å². The lowest BCUT2D eigenvalue weighted by atomic mass is 9.75. The van der Waals surface area contributed by atoms with Gasteiger partial charge in [-0.25, -0.2) is 23.6 Å². The van der Waals surface area contributed by atoms with Crippen LogP contribution in [0.1, 0.15) is 114 Å². The van der Waals surface area contributed by atoms with Crippen molar-refractivity contribution in [2.75, 3.05) is 20.8 Å². The van der Waals surface area contributed by atoms with Crippen molar-refractivity contribution in [1.29, 1.82) is 0 Å². The van der Waals surface area contributed by atoms with Crippen molar-refractivity contribution in [3.8, 4) is 11.1 Å². The maximum absolute atomic E-state index is 16.0. The molecule has 2 amide bonds. The van der Waals surface area contributed by atoms with Gasteiger partial charge in [0, 0.05) is 84.0 Å². The molecule has 1 saturated carbocycles. The number of carbonyl (C=O) groups is 4. The molecule has 2 unspecified atom stereocenters. The van der Waals surface area contributed by atoms with Crippen LogP contribution >= 0.6 is 0 Å². The summed E-state index contributed by atoms with van der Waals surface area (Å²) in [5.74, 6) is -10.3. The highest BCUT2D eigenvalue weighted by Crippen LogP contribution is 2.48. The summed E-state index contributed by atoms with van der Waals surface area (Å²) in [5, 5.41) is 14.7. The van der Waals surface area contributed by atoms with Crippen molar-refractivity contribution in [1.82, 2.24) is 25.6 Å².